The second kappa shape index (κ2) is 5.14. The van der Waals surface area contributed by atoms with Crippen molar-refractivity contribution in [1.82, 2.24) is 0 Å². The number of carbonyl (C=O) groups is 1. The van der Waals surface area contributed by atoms with Crippen LogP contribution in [0, 0.1) is 26.6 Å². The van der Waals surface area contributed by atoms with Crippen LogP contribution in [0.2, 0.25) is 0 Å². The van der Waals surface area contributed by atoms with Crippen LogP contribution in [0.15, 0.2) is 0 Å². The summed E-state index contributed by atoms with van der Waals surface area (Å²) in [7, 11) is 1.38. The van der Waals surface area contributed by atoms with Crippen molar-refractivity contribution in [2.75, 3.05) is 13.9 Å². The van der Waals surface area contributed by atoms with Crippen LogP contribution in [0.1, 0.15) is 27.0 Å². The summed E-state index contributed by atoms with van der Waals surface area (Å²) >= 11 is 0. The monoisotopic (exact) mass is 242 g/mol. The van der Waals surface area contributed by atoms with E-state index in [4.69, 9.17) is 4.74 Å². The first kappa shape index (κ1) is 13.4. The molecule has 0 aliphatic rings. The van der Waals surface area contributed by atoms with Gasteiger partial charge in [-0.05, 0) is 31.9 Å². The van der Waals surface area contributed by atoms with Gasteiger partial charge in [-0.1, -0.05) is 0 Å². The van der Waals surface area contributed by atoms with E-state index in [-0.39, 0.29) is 17.9 Å². The third kappa shape index (κ3) is 2.39. The summed E-state index contributed by atoms with van der Waals surface area (Å²) in [5, 5.41) is 9.50. The average Bonchev–Trinajstić information content (AvgIpc) is 2.31. The number of esters is 1. The SMILES string of the molecule is COCOC(=O)c1c(C)c(C)c(O)c(F)c1C. The highest BCUT2D eigenvalue weighted by molar-refractivity contribution is 5.93. The van der Waals surface area contributed by atoms with Crippen molar-refractivity contribution in [3.05, 3.63) is 28.1 Å². The van der Waals surface area contributed by atoms with Crippen molar-refractivity contribution in [2.24, 2.45) is 0 Å². The lowest BCUT2D eigenvalue weighted by Crippen LogP contribution is -2.13. The van der Waals surface area contributed by atoms with Gasteiger partial charge in [-0.15, -0.1) is 0 Å². The smallest absolute Gasteiger partial charge is 0.340 e. The summed E-state index contributed by atoms with van der Waals surface area (Å²) in [5.41, 5.74) is 1.04. The van der Waals surface area contributed by atoms with Gasteiger partial charge in [0, 0.05) is 12.7 Å². The number of hydrogen-bond donors (Lipinski definition) is 1. The standard InChI is InChI=1S/C12H15FO4/c1-6-7(2)11(14)10(13)8(3)9(6)12(15)17-5-16-4/h14H,5H2,1-4H3. The maximum atomic E-state index is 13.6. The number of phenolic OH excluding ortho intramolecular Hbond substituents is 1. The van der Waals surface area contributed by atoms with Gasteiger partial charge in [0.2, 0.25) is 0 Å². The van der Waals surface area contributed by atoms with Gasteiger partial charge in [-0.3, -0.25) is 0 Å². The molecule has 1 N–H and O–H groups in total. The third-order valence-electron chi connectivity index (χ3n) is 2.72. The zero-order chi connectivity index (χ0) is 13.2. The molecule has 0 atom stereocenters. The van der Waals surface area contributed by atoms with Crippen molar-refractivity contribution < 1.29 is 23.8 Å². The van der Waals surface area contributed by atoms with Crippen LogP contribution in [0.4, 0.5) is 4.39 Å². The first-order valence-corrected chi connectivity index (χ1v) is 5.06. The molecule has 0 radical (unpaired) electrons. The van der Waals surface area contributed by atoms with Crippen molar-refractivity contribution in [1.29, 1.82) is 0 Å². The van der Waals surface area contributed by atoms with E-state index in [2.05, 4.69) is 4.74 Å². The molecule has 0 aromatic heterocycles. The summed E-state index contributed by atoms with van der Waals surface area (Å²) in [4.78, 5) is 11.7. The van der Waals surface area contributed by atoms with E-state index in [9.17, 15) is 14.3 Å². The Balaban J connectivity index is 3.29. The first-order chi connectivity index (χ1) is 7.91. The van der Waals surface area contributed by atoms with Gasteiger partial charge in [0.05, 0.1) is 5.56 Å². The summed E-state index contributed by atoms with van der Waals surface area (Å²) in [6.07, 6.45) is 0. The van der Waals surface area contributed by atoms with Crippen LogP contribution in [-0.4, -0.2) is 25.0 Å². The molecule has 1 aromatic rings. The Morgan fingerprint density at radius 2 is 1.82 bits per heavy atom. The molecule has 4 nitrogen and oxygen atoms in total. The van der Waals surface area contributed by atoms with Crippen molar-refractivity contribution >= 4 is 5.97 Å². The fraction of sp³-hybridized carbons (Fsp3) is 0.417. The van der Waals surface area contributed by atoms with Gasteiger partial charge in [0.15, 0.2) is 18.4 Å². The lowest BCUT2D eigenvalue weighted by Gasteiger charge is -2.14. The van der Waals surface area contributed by atoms with E-state index in [0.717, 1.165) is 0 Å². The molecule has 0 saturated carbocycles. The molecule has 0 amide bonds. The maximum Gasteiger partial charge on any atom is 0.340 e. The van der Waals surface area contributed by atoms with Crippen LogP contribution in [0.3, 0.4) is 0 Å². The Hall–Kier alpha value is -1.62. The quantitative estimate of drug-likeness (QED) is 0.652. The lowest BCUT2D eigenvalue weighted by molar-refractivity contribution is -0.0126. The third-order valence-corrected chi connectivity index (χ3v) is 2.72. The predicted octanol–water partition coefficient (Wildman–Crippen LogP) is 2.22. The number of phenols is 1. The number of ether oxygens (including phenoxy) is 2. The van der Waals surface area contributed by atoms with Crippen LogP contribution < -0.4 is 0 Å². The number of halogens is 1. The Kier molecular flexibility index (Phi) is 4.07. The topological polar surface area (TPSA) is 55.8 Å². The van der Waals surface area contributed by atoms with E-state index in [1.165, 1.54) is 14.0 Å². The van der Waals surface area contributed by atoms with E-state index >= 15 is 0 Å². The first-order valence-electron chi connectivity index (χ1n) is 5.06. The van der Waals surface area contributed by atoms with Crippen molar-refractivity contribution in [2.45, 2.75) is 20.8 Å². The maximum absolute atomic E-state index is 13.6. The highest BCUT2D eigenvalue weighted by Gasteiger charge is 2.22. The predicted molar refractivity (Wildman–Crippen MR) is 59.6 cm³/mol. The molecular formula is C12H15FO4. The number of hydrogen-bond acceptors (Lipinski definition) is 4. The minimum atomic E-state index is -0.794. The van der Waals surface area contributed by atoms with Crippen molar-refractivity contribution in [3.8, 4) is 5.75 Å². The summed E-state index contributed by atoms with van der Waals surface area (Å²) < 4.78 is 23.0. The van der Waals surface area contributed by atoms with Crippen LogP contribution >= 0.6 is 0 Å². The van der Waals surface area contributed by atoms with Crippen LogP contribution in [0.25, 0.3) is 0 Å². The number of methoxy groups -OCH3 is 1. The zero-order valence-corrected chi connectivity index (χ0v) is 10.3. The highest BCUT2D eigenvalue weighted by atomic mass is 19.1. The van der Waals surface area contributed by atoms with Gasteiger partial charge in [0.1, 0.15) is 0 Å². The molecule has 0 bridgehead atoms. The van der Waals surface area contributed by atoms with E-state index in [1.54, 1.807) is 13.8 Å². The molecule has 0 heterocycles. The number of benzene rings is 1. The molecule has 0 fully saturated rings. The van der Waals surface area contributed by atoms with Gasteiger partial charge in [0.25, 0.3) is 0 Å². The fourth-order valence-corrected chi connectivity index (χ4v) is 1.59. The lowest BCUT2D eigenvalue weighted by atomic mass is 9.97. The molecule has 0 aliphatic heterocycles. The Morgan fingerprint density at radius 1 is 1.24 bits per heavy atom. The Morgan fingerprint density at radius 3 is 2.35 bits per heavy atom. The molecule has 17 heavy (non-hydrogen) atoms. The minimum Gasteiger partial charge on any atom is -0.505 e. The molecule has 5 heteroatoms. The van der Waals surface area contributed by atoms with Crippen LogP contribution in [-0.2, 0) is 9.47 Å². The fourth-order valence-electron chi connectivity index (χ4n) is 1.59. The van der Waals surface area contributed by atoms with Crippen molar-refractivity contribution in [3.63, 3.8) is 0 Å². The molecule has 0 spiro atoms. The molecule has 0 aliphatic carbocycles. The molecular weight excluding hydrogens is 227 g/mol. The summed E-state index contributed by atoms with van der Waals surface area (Å²) in [6, 6.07) is 0. The molecule has 1 rings (SSSR count). The van der Waals surface area contributed by atoms with E-state index < -0.39 is 17.5 Å². The molecule has 0 saturated heterocycles. The summed E-state index contributed by atoms with van der Waals surface area (Å²) in [6.45, 7) is 4.40. The van der Waals surface area contributed by atoms with Crippen LogP contribution in [0.5, 0.6) is 5.75 Å². The second-order valence-electron chi connectivity index (χ2n) is 3.75. The molecule has 1 aromatic carbocycles. The summed E-state index contributed by atoms with van der Waals surface area (Å²) in [5.74, 6) is -1.88. The van der Waals surface area contributed by atoms with Gasteiger partial charge in [-0.25, -0.2) is 9.18 Å². The Bertz CT molecular complexity index is 425. The van der Waals surface area contributed by atoms with Gasteiger partial charge >= 0.3 is 5.97 Å². The number of aromatic hydroxyl groups is 1. The average molecular weight is 242 g/mol. The molecule has 0 unspecified atom stereocenters. The van der Waals surface area contributed by atoms with Gasteiger partial charge in [-0.2, -0.15) is 0 Å². The van der Waals surface area contributed by atoms with Gasteiger partial charge < -0.3 is 14.6 Å². The second-order valence-corrected chi connectivity index (χ2v) is 3.75. The number of rotatable bonds is 3. The highest BCUT2D eigenvalue weighted by Crippen LogP contribution is 2.30. The van der Waals surface area contributed by atoms with E-state index in [0.29, 0.717) is 11.1 Å². The van der Waals surface area contributed by atoms with E-state index in [1.807, 2.05) is 0 Å². The minimum absolute atomic E-state index is 0.0757. The largest absolute Gasteiger partial charge is 0.505 e. The number of carbonyl (C=O) groups excluding carboxylic acids is 1. The normalized spacial score (nSPS) is 10.4. The zero-order valence-electron chi connectivity index (χ0n) is 10.3. The Labute approximate surface area is 99.0 Å². The molecule has 94 valence electrons.